The SMILES string of the molecule is O=C(C[NH+]1CC[NH+](CC(=O)Nc2ccccc2Cl)CC1)NCc1ccco1. The molecule has 1 aliphatic heterocycles. The minimum absolute atomic E-state index is 0.0151. The van der Waals surface area contributed by atoms with E-state index in [0.717, 1.165) is 31.9 Å². The second-order valence-corrected chi connectivity index (χ2v) is 7.14. The number of rotatable bonds is 7. The van der Waals surface area contributed by atoms with E-state index in [-0.39, 0.29) is 11.8 Å². The molecule has 144 valence electrons. The number of furan rings is 1. The van der Waals surface area contributed by atoms with E-state index in [9.17, 15) is 9.59 Å². The standard InChI is InChI=1S/C19H23ClN4O3/c20-16-5-1-2-6-17(16)22-19(26)14-24-9-7-23(8-10-24)13-18(25)21-12-15-4-3-11-27-15/h1-6,11H,7-10,12-14H2,(H,21,25)(H,22,26)/p+2. The van der Waals surface area contributed by atoms with Gasteiger partial charge in [0.1, 0.15) is 31.9 Å². The highest BCUT2D eigenvalue weighted by atomic mass is 35.5. The molecule has 1 saturated heterocycles. The lowest BCUT2D eigenvalue weighted by atomic mass is 10.3. The zero-order valence-electron chi connectivity index (χ0n) is 15.1. The highest BCUT2D eigenvalue weighted by molar-refractivity contribution is 6.33. The van der Waals surface area contributed by atoms with Crippen molar-refractivity contribution in [3.63, 3.8) is 0 Å². The quantitative estimate of drug-likeness (QED) is 0.486. The van der Waals surface area contributed by atoms with Crippen molar-refractivity contribution in [3.05, 3.63) is 53.4 Å². The number of halogens is 1. The summed E-state index contributed by atoms with van der Waals surface area (Å²) in [6, 6.07) is 10.9. The Labute approximate surface area is 163 Å². The molecule has 2 amide bonds. The molecule has 1 fully saturated rings. The summed E-state index contributed by atoms with van der Waals surface area (Å²) >= 11 is 6.07. The summed E-state index contributed by atoms with van der Waals surface area (Å²) in [6.45, 7) is 4.71. The van der Waals surface area contributed by atoms with Crippen LogP contribution < -0.4 is 20.4 Å². The molecule has 0 atom stereocenters. The number of nitrogens with one attached hydrogen (secondary N) is 4. The van der Waals surface area contributed by atoms with Crippen LogP contribution in [0.25, 0.3) is 0 Å². The van der Waals surface area contributed by atoms with Crippen LogP contribution in [0.5, 0.6) is 0 Å². The van der Waals surface area contributed by atoms with Gasteiger partial charge in [-0.25, -0.2) is 0 Å². The Kier molecular flexibility index (Phi) is 6.86. The fourth-order valence-corrected chi connectivity index (χ4v) is 3.37. The fraction of sp³-hybridized carbons (Fsp3) is 0.368. The third-order valence-corrected chi connectivity index (χ3v) is 5.00. The predicted molar refractivity (Wildman–Crippen MR) is 102 cm³/mol. The number of hydrogen-bond donors (Lipinski definition) is 4. The van der Waals surface area contributed by atoms with Gasteiger partial charge in [0.05, 0.1) is 23.5 Å². The molecule has 3 rings (SSSR count). The largest absolute Gasteiger partial charge is 0.467 e. The van der Waals surface area contributed by atoms with Crippen molar-refractivity contribution in [2.75, 3.05) is 44.6 Å². The summed E-state index contributed by atoms with van der Waals surface area (Å²) in [4.78, 5) is 26.7. The van der Waals surface area contributed by atoms with Crippen LogP contribution in [0.1, 0.15) is 5.76 Å². The van der Waals surface area contributed by atoms with Crippen LogP contribution in [0.15, 0.2) is 47.1 Å². The van der Waals surface area contributed by atoms with Gasteiger partial charge in [-0.3, -0.25) is 9.59 Å². The Hall–Kier alpha value is -2.35. The smallest absolute Gasteiger partial charge is 0.279 e. The average molecular weight is 393 g/mol. The zero-order valence-corrected chi connectivity index (χ0v) is 15.8. The summed E-state index contributed by atoms with van der Waals surface area (Å²) in [6.07, 6.45) is 1.59. The number of carbonyl (C=O) groups is 2. The highest BCUT2D eigenvalue weighted by Crippen LogP contribution is 2.19. The van der Waals surface area contributed by atoms with E-state index in [4.69, 9.17) is 16.0 Å². The number of carbonyl (C=O) groups excluding carboxylic acids is 2. The van der Waals surface area contributed by atoms with E-state index in [1.807, 2.05) is 18.2 Å². The number of para-hydroxylation sites is 1. The lowest BCUT2D eigenvalue weighted by Crippen LogP contribution is -3.28. The van der Waals surface area contributed by atoms with Gasteiger partial charge < -0.3 is 24.9 Å². The Balaban J connectivity index is 1.35. The van der Waals surface area contributed by atoms with Crippen molar-refractivity contribution in [1.82, 2.24) is 5.32 Å². The molecular formula is C19H25ClN4O3+2. The second kappa shape index (κ2) is 9.55. The van der Waals surface area contributed by atoms with Crippen molar-refractivity contribution in [3.8, 4) is 0 Å². The molecule has 0 radical (unpaired) electrons. The van der Waals surface area contributed by atoms with Gasteiger partial charge in [-0.15, -0.1) is 0 Å². The van der Waals surface area contributed by atoms with Gasteiger partial charge in [-0.2, -0.15) is 0 Å². The molecular weight excluding hydrogens is 368 g/mol. The van der Waals surface area contributed by atoms with Crippen molar-refractivity contribution in [2.24, 2.45) is 0 Å². The topological polar surface area (TPSA) is 80.2 Å². The van der Waals surface area contributed by atoms with E-state index in [1.54, 1.807) is 24.5 Å². The van der Waals surface area contributed by atoms with Crippen LogP contribution >= 0.6 is 11.6 Å². The first-order valence-corrected chi connectivity index (χ1v) is 9.48. The normalized spacial score (nSPS) is 19.4. The molecule has 7 nitrogen and oxygen atoms in total. The van der Waals surface area contributed by atoms with Gasteiger partial charge in [0.25, 0.3) is 11.8 Å². The monoisotopic (exact) mass is 392 g/mol. The summed E-state index contributed by atoms with van der Waals surface area (Å²) in [5, 5.41) is 6.27. The minimum Gasteiger partial charge on any atom is -0.467 e. The van der Waals surface area contributed by atoms with Crippen LogP contribution in [0.4, 0.5) is 5.69 Å². The van der Waals surface area contributed by atoms with E-state index < -0.39 is 0 Å². The third-order valence-electron chi connectivity index (χ3n) is 4.67. The molecule has 1 aromatic carbocycles. The zero-order chi connectivity index (χ0) is 19.1. The van der Waals surface area contributed by atoms with Gasteiger partial charge in [0.2, 0.25) is 0 Å². The minimum atomic E-state index is -0.0438. The molecule has 8 heteroatoms. The van der Waals surface area contributed by atoms with Crippen molar-refractivity contribution in [2.45, 2.75) is 6.54 Å². The average Bonchev–Trinajstić information content (AvgIpc) is 3.17. The maximum absolute atomic E-state index is 12.2. The molecule has 1 aromatic heterocycles. The van der Waals surface area contributed by atoms with Crippen LogP contribution in [-0.4, -0.2) is 51.1 Å². The number of piperazine rings is 1. The Morgan fingerprint density at radius 1 is 0.963 bits per heavy atom. The molecule has 0 bridgehead atoms. The summed E-state index contributed by atoms with van der Waals surface area (Å²) < 4.78 is 5.20. The number of anilines is 1. The number of hydrogen-bond acceptors (Lipinski definition) is 3. The number of quaternary nitrogens is 2. The second-order valence-electron chi connectivity index (χ2n) is 6.74. The Morgan fingerprint density at radius 3 is 2.26 bits per heavy atom. The van der Waals surface area contributed by atoms with E-state index in [2.05, 4.69) is 10.6 Å². The van der Waals surface area contributed by atoms with Gasteiger partial charge in [0.15, 0.2) is 13.1 Å². The van der Waals surface area contributed by atoms with E-state index in [0.29, 0.717) is 30.3 Å². The van der Waals surface area contributed by atoms with Gasteiger partial charge in [-0.1, -0.05) is 23.7 Å². The molecule has 0 aliphatic carbocycles. The maximum Gasteiger partial charge on any atom is 0.279 e. The fourth-order valence-electron chi connectivity index (χ4n) is 3.18. The summed E-state index contributed by atoms with van der Waals surface area (Å²) in [5.41, 5.74) is 0.640. The first-order valence-electron chi connectivity index (χ1n) is 9.11. The van der Waals surface area contributed by atoms with Crippen LogP contribution in [0.3, 0.4) is 0 Å². The summed E-state index contributed by atoms with van der Waals surface area (Å²) in [7, 11) is 0. The predicted octanol–water partition coefficient (Wildman–Crippen LogP) is -1.03. The van der Waals surface area contributed by atoms with Crippen LogP contribution in [-0.2, 0) is 16.1 Å². The molecule has 4 N–H and O–H groups in total. The first-order chi connectivity index (χ1) is 13.1. The van der Waals surface area contributed by atoms with E-state index in [1.165, 1.54) is 9.80 Å². The first kappa shape index (κ1) is 19.4. The Bertz CT molecular complexity index is 758. The van der Waals surface area contributed by atoms with E-state index >= 15 is 0 Å². The summed E-state index contributed by atoms with van der Waals surface area (Å²) in [5.74, 6) is 0.719. The van der Waals surface area contributed by atoms with Crippen molar-refractivity contribution < 1.29 is 23.8 Å². The van der Waals surface area contributed by atoms with Gasteiger partial charge >= 0.3 is 0 Å². The van der Waals surface area contributed by atoms with Crippen molar-refractivity contribution >= 4 is 29.1 Å². The maximum atomic E-state index is 12.2. The lowest BCUT2D eigenvalue weighted by molar-refractivity contribution is -1.00. The van der Waals surface area contributed by atoms with Gasteiger partial charge in [0, 0.05) is 0 Å². The van der Waals surface area contributed by atoms with Crippen LogP contribution in [0, 0.1) is 0 Å². The third kappa shape index (κ3) is 6.09. The van der Waals surface area contributed by atoms with Gasteiger partial charge in [-0.05, 0) is 24.3 Å². The molecule has 0 saturated carbocycles. The molecule has 0 unspecified atom stereocenters. The molecule has 0 spiro atoms. The molecule has 2 heterocycles. The highest BCUT2D eigenvalue weighted by Gasteiger charge is 2.26. The lowest BCUT2D eigenvalue weighted by Gasteiger charge is -2.28. The number of benzene rings is 1. The molecule has 1 aliphatic rings. The van der Waals surface area contributed by atoms with Crippen molar-refractivity contribution in [1.29, 1.82) is 0 Å². The molecule has 2 aromatic rings. The number of amides is 2. The Morgan fingerprint density at radius 2 is 1.63 bits per heavy atom. The molecule has 27 heavy (non-hydrogen) atoms. The van der Waals surface area contributed by atoms with Crippen LogP contribution in [0.2, 0.25) is 5.02 Å².